The van der Waals surface area contributed by atoms with Gasteiger partial charge in [0.25, 0.3) is 0 Å². The number of nitrogens with one attached hydrogen (secondary N) is 1. The summed E-state index contributed by atoms with van der Waals surface area (Å²) in [6, 6.07) is 12.4. The van der Waals surface area contributed by atoms with Gasteiger partial charge in [-0.2, -0.15) is 0 Å². The van der Waals surface area contributed by atoms with E-state index in [0.717, 1.165) is 16.7 Å². The second-order valence-corrected chi connectivity index (χ2v) is 7.87. The Morgan fingerprint density at radius 3 is 2.52 bits per heavy atom. The lowest BCUT2D eigenvalue weighted by Crippen LogP contribution is -2.23. The minimum Gasteiger partial charge on any atom is -0.464 e. The van der Waals surface area contributed by atoms with Crippen LogP contribution in [-0.4, -0.2) is 13.4 Å². The van der Waals surface area contributed by atoms with Gasteiger partial charge in [-0.3, -0.25) is 4.98 Å². The zero-order chi connectivity index (χ0) is 17.9. The van der Waals surface area contributed by atoms with Crippen LogP contribution in [0.25, 0.3) is 11.3 Å². The SMILES string of the molecule is CC(C)c1ccc(S(=O)(=O)NCc2cncc(-c3ccco3)c2)cc1. The summed E-state index contributed by atoms with van der Waals surface area (Å²) < 4.78 is 32.9. The van der Waals surface area contributed by atoms with Gasteiger partial charge >= 0.3 is 0 Å². The third-order valence-electron chi connectivity index (χ3n) is 3.92. The van der Waals surface area contributed by atoms with E-state index in [-0.39, 0.29) is 11.4 Å². The van der Waals surface area contributed by atoms with Crippen molar-refractivity contribution in [2.75, 3.05) is 0 Å². The molecular weight excluding hydrogens is 336 g/mol. The number of aromatic nitrogens is 1. The fourth-order valence-electron chi connectivity index (χ4n) is 2.46. The lowest BCUT2D eigenvalue weighted by Gasteiger charge is -2.09. The molecule has 25 heavy (non-hydrogen) atoms. The predicted octanol–water partition coefficient (Wildman–Crippen LogP) is 3.94. The highest BCUT2D eigenvalue weighted by molar-refractivity contribution is 7.89. The van der Waals surface area contributed by atoms with Gasteiger partial charge in [-0.05, 0) is 47.4 Å². The van der Waals surface area contributed by atoms with Crippen molar-refractivity contribution in [3.8, 4) is 11.3 Å². The topological polar surface area (TPSA) is 72.2 Å². The maximum absolute atomic E-state index is 12.5. The van der Waals surface area contributed by atoms with Crippen molar-refractivity contribution in [1.82, 2.24) is 9.71 Å². The Morgan fingerprint density at radius 2 is 1.88 bits per heavy atom. The van der Waals surface area contributed by atoms with E-state index in [4.69, 9.17) is 4.42 Å². The molecular formula is C19H20N2O3S. The van der Waals surface area contributed by atoms with E-state index in [9.17, 15) is 8.42 Å². The summed E-state index contributed by atoms with van der Waals surface area (Å²) in [5.74, 6) is 1.06. The molecule has 0 amide bonds. The first-order chi connectivity index (χ1) is 12.0. The van der Waals surface area contributed by atoms with Gasteiger partial charge in [0.2, 0.25) is 10.0 Å². The molecule has 1 N–H and O–H groups in total. The van der Waals surface area contributed by atoms with E-state index in [1.807, 2.05) is 24.3 Å². The Morgan fingerprint density at radius 1 is 1.12 bits per heavy atom. The Hall–Kier alpha value is -2.44. The molecule has 0 unspecified atom stereocenters. The molecule has 0 spiro atoms. The quantitative estimate of drug-likeness (QED) is 0.726. The van der Waals surface area contributed by atoms with Gasteiger partial charge < -0.3 is 4.42 Å². The van der Waals surface area contributed by atoms with Crippen LogP contribution < -0.4 is 4.72 Å². The predicted molar refractivity (Wildman–Crippen MR) is 96.5 cm³/mol. The summed E-state index contributed by atoms with van der Waals surface area (Å²) in [5, 5.41) is 0. The van der Waals surface area contributed by atoms with Gasteiger partial charge in [-0.1, -0.05) is 26.0 Å². The first-order valence-corrected chi connectivity index (χ1v) is 9.51. The lowest BCUT2D eigenvalue weighted by atomic mass is 10.0. The van der Waals surface area contributed by atoms with Crippen molar-refractivity contribution in [1.29, 1.82) is 0 Å². The average molecular weight is 356 g/mol. The van der Waals surface area contributed by atoms with E-state index < -0.39 is 10.0 Å². The zero-order valence-corrected chi connectivity index (χ0v) is 15.0. The molecule has 0 bridgehead atoms. The minimum atomic E-state index is -3.57. The zero-order valence-electron chi connectivity index (χ0n) is 14.1. The summed E-state index contributed by atoms with van der Waals surface area (Å²) >= 11 is 0. The van der Waals surface area contributed by atoms with Gasteiger partial charge in [0.15, 0.2) is 0 Å². The molecule has 2 aromatic heterocycles. The molecule has 0 saturated heterocycles. The maximum atomic E-state index is 12.5. The second kappa shape index (κ2) is 7.21. The molecule has 0 aliphatic rings. The molecule has 0 aliphatic heterocycles. The van der Waals surface area contributed by atoms with Crippen molar-refractivity contribution < 1.29 is 12.8 Å². The van der Waals surface area contributed by atoms with E-state index in [1.165, 1.54) is 0 Å². The first kappa shape index (κ1) is 17.4. The molecule has 3 rings (SSSR count). The van der Waals surface area contributed by atoms with Crippen molar-refractivity contribution in [2.24, 2.45) is 0 Å². The molecule has 0 fully saturated rings. The largest absolute Gasteiger partial charge is 0.464 e. The Balaban J connectivity index is 1.73. The summed E-state index contributed by atoms with van der Waals surface area (Å²) in [4.78, 5) is 4.41. The van der Waals surface area contributed by atoms with Crippen LogP contribution >= 0.6 is 0 Å². The van der Waals surface area contributed by atoms with Gasteiger partial charge in [0.05, 0.1) is 11.2 Å². The van der Waals surface area contributed by atoms with Gasteiger partial charge in [0.1, 0.15) is 5.76 Å². The van der Waals surface area contributed by atoms with Crippen LogP contribution in [-0.2, 0) is 16.6 Å². The number of pyridine rings is 1. The van der Waals surface area contributed by atoms with E-state index in [0.29, 0.717) is 11.7 Å². The number of hydrogen-bond donors (Lipinski definition) is 1. The molecule has 0 radical (unpaired) electrons. The highest BCUT2D eigenvalue weighted by Gasteiger charge is 2.14. The van der Waals surface area contributed by atoms with Crippen LogP contribution in [0.5, 0.6) is 0 Å². The molecule has 130 valence electrons. The Kier molecular flexibility index (Phi) is 5.01. The number of nitrogens with zero attached hydrogens (tertiary/aromatic N) is 1. The van der Waals surface area contributed by atoms with E-state index in [1.54, 1.807) is 36.9 Å². The van der Waals surface area contributed by atoms with Gasteiger partial charge in [-0.15, -0.1) is 0 Å². The summed E-state index contributed by atoms with van der Waals surface area (Å²) in [6.07, 6.45) is 4.91. The van der Waals surface area contributed by atoms with E-state index in [2.05, 4.69) is 23.6 Å². The smallest absolute Gasteiger partial charge is 0.240 e. The first-order valence-electron chi connectivity index (χ1n) is 8.03. The van der Waals surface area contributed by atoms with Crippen molar-refractivity contribution in [3.63, 3.8) is 0 Å². The maximum Gasteiger partial charge on any atom is 0.240 e. The summed E-state index contributed by atoms with van der Waals surface area (Å²) in [6.45, 7) is 4.30. The van der Waals surface area contributed by atoms with Crippen LogP contribution in [0, 0.1) is 0 Å². The van der Waals surface area contributed by atoms with Crippen molar-refractivity contribution in [3.05, 3.63) is 72.2 Å². The second-order valence-electron chi connectivity index (χ2n) is 6.11. The van der Waals surface area contributed by atoms with Crippen LogP contribution in [0.3, 0.4) is 0 Å². The van der Waals surface area contributed by atoms with E-state index >= 15 is 0 Å². The monoisotopic (exact) mass is 356 g/mol. The molecule has 0 aliphatic carbocycles. The van der Waals surface area contributed by atoms with Crippen LogP contribution in [0.1, 0.15) is 30.9 Å². The lowest BCUT2D eigenvalue weighted by molar-refractivity contribution is 0.580. The summed E-state index contributed by atoms with van der Waals surface area (Å²) in [5.41, 5.74) is 2.67. The molecule has 3 aromatic rings. The average Bonchev–Trinajstić information content (AvgIpc) is 3.15. The summed E-state index contributed by atoms with van der Waals surface area (Å²) in [7, 11) is -3.57. The number of benzene rings is 1. The highest BCUT2D eigenvalue weighted by atomic mass is 32.2. The standard InChI is InChI=1S/C19H20N2O3S/c1-14(2)16-5-7-18(8-6-16)25(22,23)21-12-15-10-17(13-20-11-15)19-4-3-9-24-19/h3-11,13-14,21H,12H2,1-2H3. The molecule has 0 atom stereocenters. The molecule has 1 aromatic carbocycles. The molecule has 0 saturated carbocycles. The third-order valence-corrected chi connectivity index (χ3v) is 5.34. The fourth-order valence-corrected chi connectivity index (χ4v) is 3.47. The van der Waals surface area contributed by atoms with Crippen LogP contribution in [0.15, 0.2) is 70.4 Å². The highest BCUT2D eigenvalue weighted by Crippen LogP contribution is 2.20. The number of rotatable bonds is 6. The van der Waals surface area contributed by atoms with Crippen molar-refractivity contribution >= 4 is 10.0 Å². The van der Waals surface area contributed by atoms with Gasteiger partial charge in [0, 0.05) is 24.5 Å². The van der Waals surface area contributed by atoms with Crippen molar-refractivity contribution in [2.45, 2.75) is 31.2 Å². The Bertz CT molecular complexity index is 931. The van der Waals surface area contributed by atoms with Gasteiger partial charge in [-0.25, -0.2) is 13.1 Å². The third kappa shape index (κ3) is 4.15. The van der Waals surface area contributed by atoms with Crippen LogP contribution in [0.4, 0.5) is 0 Å². The normalized spacial score (nSPS) is 11.8. The number of hydrogen-bond acceptors (Lipinski definition) is 4. The fraction of sp³-hybridized carbons (Fsp3) is 0.211. The number of sulfonamides is 1. The number of furan rings is 1. The Labute approximate surface area is 147 Å². The molecule has 6 heteroatoms. The minimum absolute atomic E-state index is 0.163. The molecule has 5 nitrogen and oxygen atoms in total. The van der Waals surface area contributed by atoms with Crippen LogP contribution in [0.2, 0.25) is 0 Å². The molecule has 2 heterocycles.